The summed E-state index contributed by atoms with van der Waals surface area (Å²) in [7, 11) is 0. The Labute approximate surface area is 162 Å². The van der Waals surface area contributed by atoms with Gasteiger partial charge in [0.1, 0.15) is 11.6 Å². The van der Waals surface area contributed by atoms with Crippen molar-refractivity contribution in [3.8, 4) is 11.4 Å². The molecule has 1 amide bonds. The summed E-state index contributed by atoms with van der Waals surface area (Å²) in [5.74, 6) is 3.11. The number of carbonyl (C=O) groups is 1. The number of amides is 1. The molecule has 3 aromatic rings. The van der Waals surface area contributed by atoms with Crippen molar-refractivity contribution >= 4 is 23.5 Å². The van der Waals surface area contributed by atoms with E-state index in [4.69, 9.17) is 9.84 Å². The highest BCUT2D eigenvalue weighted by Gasteiger charge is 2.25. The van der Waals surface area contributed by atoms with Crippen molar-refractivity contribution in [1.82, 2.24) is 9.78 Å². The van der Waals surface area contributed by atoms with Crippen molar-refractivity contribution < 1.29 is 9.53 Å². The number of nitrogens with zero attached hydrogens (tertiary/aromatic N) is 2. The summed E-state index contributed by atoms with van der Waals surface area (Å²) in [5, 5.41) is 7.82. The first-order valence-electron chi connectivity index (χ1n) is 8.95. The molecule has 4 rings (SSSR count). The predicted octanol–water partition coefficient (Wildman–Crippen LogP) is 4.58. The molecule has 0 bridgehead atoms. The van der Waals surface area contributed by atoms with Crippen molar-refractivity contribution in [3.05, 3.63) is 70.9 Å². The number of carbonyl (C=O) groups excluding carboxylic acids is 1. The van der Waals surface area contributed by atoms with E-state index in [0.29, 0.717) is 12.2 Å². The first-order chi connectivity index (χ1) is 13.2. The van der Waals surface area contributed by atoms with Gasteiger partial charge >= 0.3 is 0 Å². The molecule has 0 saturated carbocycles. The van der Waals surface area contributed by atoms with Crippen molar-refractivity contribution in [2.24, 2.45) is 0 Å². The number of hydrogen-bond acceptors (Lipinski definition) is 4. The van der Waals surface area contributed by atoms with Crippen molar-refractivity contribution in [2.75, 3.05) is 11.9 Å². The number of fused-ring (bicyclic) bond motifs is 1. The van der Waals surface area contributed by atoms with Crippen LogP contribution in [0.4, 0.5) is 5.82 Å². The van der Waals surface area contributed by atoms with Crippen LogP contribution in [0.2, 0.25) is 0 Å². The van der Waals surface area contributed by atoms with Gasteiger partial charge in [0.25, 0.3) is 5.91 Å². The summed E-state index contributed by atoms with van der Waals surface area (Å²) in [6, 6.07) is 15.3. The largest absolute Gasteiger partial charge is 0.494 e. The summed E-state index contributed by atoms with van der Waals surface area (Å²) < 4.78 is 7.29. The van der Waals surface area contributed by atoms with E-state index >= 15 is 0 Å². The smallest absolute Gasteiger partial charge is 0.256 e. The second kappa shape index (κ2) is 7.48. The van der Waals surface area contributed by atoms with E-state index in [1.54, 1.807) is 12.1 Å². The van der Waals surface area contributed by atoms with Gasteiger partial charge < -0.3 is 10.1 Å². The van der Waals surface area contributed by atoms with Gasteiger partial charge in [0.15, 0.2) is 0 Å². The number of hydrogen-bond donors (Lipinski definition) is 1. The minimum atomic E-state index is -0.147. The van der Waals surface area contributed by atoms with Gasteiger partial charge in [0.2, 0.25) is 0 Å². The Bertz CT molecular complexity index is 962. The summed E-state index contributed by atoms with van der Waals surface area (Å²) in [6.45, 7) is 4.59. The zero-order valence-corrected chi connectivity index (χ0v) is 16.2. The molecule has 0 radical (unpaired) electrons. The van der Waals surface area contributed by atoms with Crippen LogP contribution in [-0.2, 0) is 11.5 Å². The molecule has 0 saturated heterocycles. The highest BCUT2D eigenvalue weighted by molar-refractivity contribution is 7.98. The molecule has 0 spiro atoms. The molecule has 2 heterocycles. The number of anilines is 1. The van der Waals surface area contributed by atoms with Crippen LogP contribution in [0.1, 0.15) is 34.1 Å². The van der Waals surface area contributed by atoms with Crippen molar-refractivity contribution in [3.63, 3.8) is 0 Å². The lowest BCUT2D eigenvalue weighted by Gasteiger charge is -2.12. The maximum absolute atomic E-state index is 12.8. The van der Waals surface area contributed by atoms with E-state index < -0.39 is 0 Å². The molecule has 1 aliphatic heterocycles. The van der Waals surface area contributed by atoms with Crippen LogP contribution in [0.3, 0.4) is 0 Å². The molecule has 1 aromatic heterocycles. The lowest BCUT2D eigenvalue weighted by Crippen LogP contribution is -2.16. The van der Waals surface area contributed by atoms with E-state index in [1.807, 2.05) is 47.6 Å². The monoisotopic (exact) mass is 379 g/mol. The first-order valence-corrected chi connectivity index (χ1v) is 10.1. The fourth-order valence-electron chi connectivity index (χ4n) is 3.06. The Morgan fingerprint density at radius 3 is 2.59 bits per heavy atom. The predicted molar refractivity (Wildman–Crippen MR) is 109 cm³/mol. The molecule has 0 aliphatic carbocycles. The van der Waals surface area contributed by atoms with Crippen LogP contribution in [-0.4, -0.2) is 22.3 Å². The molecule has 138 valence electrons. The van der Waals surface area contributed by atoms with Crippen LogP contribution in [0.15, 0.2) is 48.5 Å². The van der Waals surface area contributed by atoms with Crippen LogP contribution in [0.5, 0.6) is 5.75 Å². The third-order valence-electron chi connectivity index (χ3n) is 4.49. The molecule has 0 atom stereocenters. The van der Waals surface area contributed by atoms with Crippen molar-refractivity contribution in [2.45, 2.75) is 25.4 Å². The van der Waals surface area contributed by atoms with E-state index in [-0.39, 0.29) is 5.91 Å². The fraction of sp³-hybridized carbons (Fsp3) is 0.238. The van der Waals surface area contributed by atoms with E-state index in [1.165, 1.54) is 5.56 Å². The normalized spacial score (nSPS) is 12.7. The van der Waals surface area contributed by atoms with E-state index in [9.17, 15) is 4.79 Å². The Hall–Kier alpha value is -2.73. The third-order valence-corrected chi connectivity index (χ3v) is 5.46. The maximum Gasteiger partial charge on any atom is 0.256 e. The Kier molecular flexibility index (Phi) is 4.90. The molecule has 6 heteroatoms. The second-order valence-corrected chi connectivity index (χ2v) is 7.41. The number of aryl methyl sites for hydroxylation is 1. The van der Waals surface area contributed by atoms with Gasteiger partial charge in [0, 0.05) is 22.6 Å². The van der Waals surface area contributed by atoms with Gasteiger partial charge in [-0.2, -0.15) is 16.9 Å². The third kappa shape index (κ3) is 3.57. The van der Waals surface area contributed by atoms with E-state index in [0.717, 1.165) is 40.0 Å². The number of rotatable bonds is 5. The summed E-state index contributed by atoms with van der Waals surface area (Å²) >= 11 is 1.82. The standard InChI is InChI=1S/C21H21N3O2S/c1-3-26-17-10-6-15(7-11-17)21(25)22-20-18-12-27-13-19(18)23-24(20)16-8-4-14(2)5-9-16/h4-11H,3,12-13H2,1-2H3,(H,22,25). The summed E-state index contributed by atoms with van der Waals surface area (Å²) in [6.07, 6.45) is 0. The van der Waals surface area contributed by atoms with Crippen LogP contribution < -0.4 is 10.1 Å². The first kappa shape index (κ1) is 17.7. The molecule has 1 N–H and O–H groups in total. The highest BCUT2D eigenvalue weighted by atomic mass is 32.2. The zero-order chi connectivity index (χ0) is 18.8. The lowest BCUT2D eigenvalue weighted by atomic mass is 10.2. The Morgan fingerprint density at radius 2 is 1.89 bits per heavy atom. The maximum atomic E-state index is 12.8. The molecular formula is C21H21N3O2S. The average Bonchev–Trinajstić information content (AvgIpc) is 3.26. The highest BCUT2D eigenvalue weighted by Crippen LogP contribution is 2.36. The minimum Gasteiger partial charge on any atom is -0.494 e. The number of nitrogens with one attached hydrogen (secondary N) is 1. The number of aromatic nitrogens is 2. The molecule has 0 fully saturated rings. The zero-order valence-electron chi connectivity index (χ0n) is 15.4. The average molecular weight is 379 g/mol. The van der Waals surface area contributed by atoms with E-state index in [2.05, 4.69) is 24.4 Å². The molecular weight excluding hydrogens is 358 g/mol. The second-order valence-electron chi connectivity index (χ2n) is 6.43. The molecule has 1 aliphatic rings. The van der Waals surface area contributed by atoms with Gasteiger partial charge in [-0.3, -0.25) is 4.79 Å². The quantitative estimate of drug-likeness (QED) is 0.705. The van der Waals surface area contributed by atoms with Crippen LogP contribution >= 0.6 is 11.8 Å². The Morgan fingerprint density at radius 1 is 1.15 bits per heavy atom. The minimum absolute atomic E-state index is 0.147. The van der Waals surface area contributed by atoms with Gasteiger partial charge in [-0.15, -0.1) is 0 Å². The fourth-order valence-corrected chi connectivity index (χ4v) is 4.10. The summed E-state index contributed by atoms with van der Waals surface area (Å²) in [4.78, 5) is 12.8. The molecule has 2 aromatic carbocycles. The number of benzene rings is 2. The molecule has 27 heavy (non-hydrogen) atoms. The van der Waals surface area contributed by atoms with Gasteiger partial charge in [-0.25, -0.2) is 4.68 Å². The number of thioether (sulfide) groups is 1. The lowest BCUT2D eigenvalue weighted by molar-refractivity contribution is 0.102. The Balaban J connectivity index is 1.64. The molecule has 5 nitrogen and oxygen atoms in total. The van der Waals surface area contributed by atoms with Gasteiger partial charge in [0.05, 0.1) is 18.0 Å². The van der Waals surface area contributed by atoms with Crippen LogP contribution in [0, 0.1) is 6.92 Å². The topological polar surface area (TPSA) is 56.1 Å². The summed E-state index contributed by atoms with van der Waals surface area (Å²) in [5.41, 5.74) is 4.88. The van der Waals surface area contributed by atoms with Gasteiger partial charge in [-0.1, -0.05) is 17.7 Å². The van der Waals surface area contributed by atoms with Crippen LogP contribution in [0.25, 0.3) is 5.69 Å². The van der Waals surface area contributed by atoms with Crippen molar-refractivity contribution in [1.29, 1.82) is 0 Å². The SMILES string of the molecule is CCOc1ccc(C(=O)Nc2c3c(nn2-c2ccc(C)cc2)CSC3)cc1. The molecule has 0 unspecified atom stereocenters. The number of ether oxygens (including phenoxy) is 1. The van der Waals surface area contributed by atoms with Gasteiger partial charge in [-0.05, 0) is 50.2 Å².